The Morgan fingerprint density at radius 3 is 2.31 bits per heavy atom. The van der Waals surface area contributed by atoms with Gasteiger partial charge in [-0.1, -0.05) is 92.8 Å². The summed E-state index contributed by atoms with van der Waals surface area (Å²) in [7, 11) is 0. The second-order valence-electron chi connectivity index (χ2n) is 25.1. The number of thiazole rings is 2. The lowest BCUT2D eigenvalue weighted by atomic mass is 9.85. The minimum Gasteiger partial charge on any atom is -0.493 e. The maximum absolute atomic E-state index is 14.4. The van der Waals surface area contributed by atoms with Crippen LogP contribution in [0.15, 0.2) is 103 Å². The average molecular weight is 1200 g/mol. The van der Waals surface area contributed by atoms with Gasteiger partial charge in [-0.3, -0.25) is 29.4 Å². The molecule has 3 aromatic heterocycles. The molecule has 2 unspecified atom stereocenters. The van der Waals surface area contributed by atoms with Crippen molar-refractivity contribution in [2.45, 2.75) is 137 Å². The molecular formula is C67H79N9O8S2. The molecule has 4 atom stereocenters. The van der Waals surface area contributed by atoms with E-state index in [0.717, 1.165) is 92.9 Å². The number of amides is 4. The van der Waals surface area contributed by atoms with E-state index in [1.807, 2.05) is 159 Å². The highest BCUT2D eigenvalue weighted by Gasteiger charge is 2.45. The molecule has 4 aromatic carbocycles. The van der Waals surface area contributed by atoms with Gasteiger partial charge in [-0.05, 0) is 168 Å². The molecule has 10 rings (SSSR count). The fourth-order valence-electron chi connectivity index (χ4n) is 11.9. The third-order valence-electron chi connectivity index (χ3n) is 16.6. The first-order valence-corrected chi connectivity index (χ1v) is 31.6. The molecule has 0 aliphatic carbocycles. The summed E-state index contributed by atoms with van der Waals surface area (Å²) in [5, 5.41) is 20.5. The van der Waals surface area contributed by atoms with Crippen LogP contribution in [0.4, 0.5) is 10.9 Å². The number of rotatable bonds is 18. The summed E-state index contributed by atoms with van der Waals surface area (Å²) >= 11 is 3.02. The number of pyridine rings is 1. The molecule has 19 heteroatoms. The summed E-state index contributed by atoms with van der Waals surface area (Å²) in [6.07, 6.45) is 3.55. The normalized spacial score (nSPS) is 17.4. The fraction of sp³-hybridized carbons (Fsp3) is 0.433. The van der Waals surface area contributed by atoms with Gasteiger partial charge in [-0.15, -0.1) is 11.3 Å². The van der Waals surface area contributed by atoms with Crippen molar-refractivity contribution in [2.24, 2.45) is 11.3 Å². The van der Waals surface area contributed by atoms with Crippen LogP contribution in [-0.2, 0) is 32.1 Å². The summed E-state index contributed by atoms with van der Waals surface area (Å²) in [4.78, 5) is 90.7. The van der Waals surface area contributed by atoms with Crippen LogP contribution in [-0.4, -0.2) is 123 Å². The van der Waals surface area contributed by atoms with E-state index in [1.54, 1.807) is 11.3 Å². The molecule has 0 bridgehead atoms. The minimum atomic E-state index is -0.916. The van der Waals surface area contributed by atoms with Gasteiger partial charge in [0.2, 0.25) is 17.7 Å². The molecule has 4 N–H and O–H groups in total. The van der Waals surface area contributed by atoms with Gasteiger partial charge in [-0.25, -0.2) is 19.7 Å². The van der Waals surface area contributed by atoms with Gasteiger partial charge in [0, 0.05) is 37.2 Å². The average Bonchev–Trinajstić information content (AvgIpc) is 1.33. The number of hydrogen-bond donors (Lipinski definition) is 4. The molecule has 17 nitrogen and oxygen atoms in total. The number of fused-ring (bicyclic) bond motifs is 2. The Morgan fingerprint density at radius 2 is 1.59 bits per heavy atom. The van der Waals surface area contributed by atoms with Crippen LogP contribution in [0, 0.1) is 25.2 Å². The van der Waals surface area contributed by atoms with E-state index in [1.165, 1.54) is 16.2 Å². The number of β-amino-alcohol motifs (C(OH)–C–C–N with tert-alkyl or cyclic N) is 1. The highest BCUT2D eigenvalue weighted by Crippen LogP contribution is 2.37. The van der Waals surface area contributed by atoms with Crippen molar-refractivity contribution in [1.29, 1.82) is 0 Å². The van der Waals surface area contributed by atoms with Crippen molar-refractivity contribution in [3.05, 3.63) is 142 Å². The number of aliphatic hydroxyl groups excluding tert-OH is 1. The lowest BCUT2D eigenvalue weighted by Gasteiger charge is -2.36. The second kappa shape index (κ2) is 26.2. The van der Waals surface area contributed by atoms with E-state index in [4.69, 9.17) is 14.5 Å². The van der Waals surface area contributed by atoms with Crippen LogP contribution in [0.2, 0.25) is 0 Å². The highest BCUT2D eigenvalue weighted by atomic mass is 32.1. The number of hydrogen-bond acceptors (Lipinski definition) is 15. The summed E-state index contributed by atoms with van der Waals surface area (Å²) in [6.45, 7) is 20.2. The molecular weight excluding hydrogens is 1120 g/mol. The van der Waals surface area contributed by atoms with Crippen molar-refractivity contribution in [3.8, 4) is 27.3 Å². The zero-order chi connectivity index (χ0) is 61.0. The molecule has 86 heavy (non-hydrogen) atoms. The molecule has 3 aliphatic rings. The molecule has 4 amide bonds. The number of para-hydroxylation sites is 1. The summed E-state index contributed by atoms with van der Waals surface area (Å²) in [5.41, 5.74) is 9.21. The molecule has 0 radical (unpaired) electrons. The number of esters is 1. The molecule has 0 saturated carbocycles. The predicted molar refractivity (Wildman–Crippen MR) is 339 cm³/mol. The number of nitrogens with one attached hydrogen (secondary N) is 3. The van der Waals surface area contributed by atoms with E-state index >= 15 is 0 Å². The first kappa shape index (κ1) is 61.5. The molecule has 0 spiro atoms. The number of aliphatic hydroxyl groups is 1. The monoisotopic (exact) mass is 1200 g/mol. The number of benzene rings is 4. The second-order valence-corrected chi connectivity index (χ2v) is 27.0. The molecule has 3 aliphatic heterocycles. The molecule has 7 aromatic rings. The number of carbonyl (C=O) groups excluding carboxylic acids is 5. The van der Waals surface area contributed by atoms with Crippen molar-refractivity contribution in [1.82, 2.24) is 35.4 Å². The Kier molecular flexibility index (Phi) is 18.7. The maximum Gasteiger partial charge on any atom is 0.358 e. The Balaban J connectivity index is 0.715. The lowest BCUT2D eigenvalue weighted by molar-refractivity contribution is -0.144. The van der Waals surface area contributed by atoms with E-state index in [-0.39, 0.29) is 54.9 Å². The number of aryl methyl sites for hydroxylation is 1. The summed E-state index contributed by atoms with van der Waals surface area (Å²) < 4.78 is 13.4. The number of ether oxygens (including phenoxy) is 2. The predicted octanol–water partition coefficient (Wildman–Crippen LogP) is 11.1. The van der Waals surface area contributed by atoms with Gasteiger partial charge in [0.25, 0.3) is 5.91 Å². The SMILES string of the molecule is Cc1ncsc1-c1ccc(C(C)NC(=O)[C@@H]2C[C@@H](O)CN2C(=O)C(NC(=O)CN2CCC(CCCOc3cccc(-c4ccc(N5CCc6cccc(C(=O)Nc7nc8ccccc8s7)c6C5)nc4C(=O)OC(C)(C)C)c3C)CC2)C(C)(C)C)cc1. The van der Waals surface area contributed by atoms with Crippen LogP contribution in [0.25, 0.3) is 31.8 Å². The minimum absolute atomic E-state index is 0.00113. The van der Waals surface area contributed by atoms with Crippen LogP contribution in [0.5, 0.6) is 5.75 Å². The number of likely N-dealkylation sites (tertiary alicyclic amines) is 2. The largest absolute Gasteiger partial charge is 0.493 e. The summed E-state index contributed by atoms with van der Waals surface area (Å²) in [6, 6.07) is 29.2. The van der Waals surface area contributed by atoms with Crippen LogP contribution >= 0.6 is 22.7 Å². The quantitative estimate of drug-likeness (QED) is 0.0466. The van der Waals surface area contributed by atoms with E-state index in [0.29, 0.717) is 59.9 Å². The molecule has 452 valence electrons. The summed E-state index contributed by atoms with van der Waals surface area (Å²) in [5.74, 6) is 0.0150. The Morgan fingerprint density at radius 1 is 0.837 bits per heavy atom. The fourth-order valence-corrected chi connectivity index (χ4v) is 13.6. The molecule has 2 fully saturated rings. The maximum atomic E-state index is 14.4. The van der Waals surface area contributed by atoms with Gasteiger partial charge < -0.3 is 35.0 Å². The number of aromatic nitrogens is 3. The molecule has 2 saturated heterocycles. The zero-order valence-corrected chi connectivity index (χ0v) is 52.3. The van der Waals surface area contributed by atoms with Crippen molar-refractivity contribution >= 4 is 73.4 Å². The third-order valence-corrected chi connectivity index (χ3v) is 18.5. The van der Waals surface area contributed by atoms with Gasteiger partial charge in [0.05, 0.1) is 51.6 Å². The van der Waals surface area contributed by atoms with E-state index in [9.17, 15) is 29.1 Å². The Labute approximate surface area is 511 Å². The number of anilines is 2. The Bertz CT molecular complexity index is 3580. The van der Waals surface area contributed by atoms with Crippen LogP contribution in [0.3, 0.4) is 0 Å². The standard InChI is InChI=1S/C67H79N9O8S2/c1-40-48(49-26-27-56(71-58(49)64(82)84-67(7,8)9)75-33-30-45-16-12-18-50(51(45)37-75)61(79)73-65-70-52-19-10-11-21-55(52)86-65)17-13-20-54(40)83-34-14-15-43-28-31-74(32-29-43)38-57(78)72-60(66(4,5)6)63(81)76-36-47(77)35-53(76)62(80)69-41(2)44-22-24-46(25-23-44)59-42(3)68-39-85-59/h10-13,16-27,39,41,43,47,53,60,77H,14-15,28-38H2,1-9H3,(H,69,80)(H,72,78)(H,70,73,79)/t41?,47-,53+,60?/m1/s1. The van der Waals surface area contributed by atoms with E-state index < -0.39 is 35.2 Å². The van der Waals surface area contributed by atoms with Gasteiger partial charge in [-0.2, -0.15) is 0 Å². The first-order chi connectivity index (χ1) is 41.1. The number of carbonyl (C=O) groups is 5. The first-order valence-electron chi connectivity index (χ1n) is 29.9. The smallest absolute Gasteiger partial charge is 0.358 e. The van der Waals surface area contributed by atoms with Crippen molar-refractivity contribution in [2.75, 3.05) is 49.5 Å². The van der Waals surface area contributed by atoms with Crippen LogP contribution in [0.1, 0.15) is 135 Å². The number of piperidine rings is 1. The van der Waals surface area contributed by atoms with Gasteiger partial charge >= 0.3 is 5.97 Å². The number of nitrogens with zero attached hydrogens (tertiary/aromatic N) is 6. The lowest BCUT2D eigenvalue weighted by Crippen LogP contribution is -2.59. The third kappa shape index (κ3) is 14.5. The van der Waals surface area contributed by atoms with Crippen LogP contribution < -0.4 is 25.6 Å². The highest BCUT2D eigenvalue weighted by molar-refractivity contribution is 7.22. The Hall–Kier alpha value is -7.58. The molecule has 6 heterocycles. The van der Waals surface area contributed by atoms with E-state index in [2.05, 4.69) is 41.8 Å². The van der Waals surface area contributed by atoms with Gasteiger partial charge in [0.1, 0.15) is 29.3 Å². The zero-order valence-electron chi connectivity index (χ0n) is 50.7. The van der Waals surface area contributed by atoms with Crippen molar-refractivity contribution < 1.29 is 38.6 Å². The van der Waals surface area contributed by atoms with Crippen molar-refractivity contribution in [3.63, 3.8) is 0 Å². The topological polar surface area (TPSA) is 209 Å². The van der Waals surface area contributed by atoms with Gasteiger partial charge in [0.15, 0.2) is 10.8 Å².